The molecule has 0 spiro atoms. The second-order valence-corrected chi connectivity index (χ2v) is 7.21. The van der Waals surface area contributed by atoms with E-state index in [1.165, 1.54) is 31.4 Å². The molecule has 0 aliphatic rings. The molecule has 0 aliphatic heterocycles. The van der Waals surface area contributed by atoms with Gasteiger partial charge < -0.3 is 15.2 Å². The van der Waals surface area contributed by atoms with E-state index in [-0.39, 0.29) is 11.3 Å². The molecule has 3 aromatic rings. The van der Waals surface area contributed by atoms with Crippen LogP contribution in [-0.2, 0) is 4.79 Å². The Morgan fingerprint density at radius 1 is 1.16 bits per heavy atom. The number of carbonyl (C=O) groups excluding carboxylic acids is 1. The van der Waals surface area contributed by atoms with Crippen molar-refractivity contribution in [1.82, 2.24) is 10.3 Å². The molecule has 0 fully saturated rings. The lowest BCUT2D eigenvalue weighted by Crippen LogP contribution is -2.31. The van der Waals surface area contributed by atoms with E-state index in [0.29, 0.717) is 22.0 Å². The molecule has 2 aromatic carbocycles. The van der Waals surface area contributed by atoms with E-state index in [0.717, 1.165) is 5.56 Å². The maximum atomic E-state index is 14.2. The Labute approximate surface area is 183 Å². The first kappa shape index (κ1) is 22.2. The van der Waals surface area contributed by atoms with Crippen LogP contribution in [0.15, 0.2) is 54.6 Å². The Kier molecular flexibility index (Phi) is 6.87. The van der Waals surface area contributed by atoms with Crippen molar-refractivity contribution in [3.05, 3.63) is 82.3 Å². The minimum atomic E-state index is -1.17. The van der Waals surface area contributed by atoms with Crippen molar-refractivity contribution in [3.63, 3.8) is 0 Å². The Balaban J connectivity index is 1.98. The highest BCUT2D eigenvalue weighted by molar-refractivity contribution is 6.31. The monoisotopic (exact) mass is 442 g/mol. The number of halogens is 2. The summed E-state index contributed by atoms with van der Waals surface area (Å²) in [6.45, 7) is 1.83. The summed E-state index contributed by atoms with van der Waals surface area (Å²) in [5.41, 5.74) is 1.98. The predicted molar refractivity (Wildman–Crippen MR) is 115 cm³/mol. The zero-order valence-electron chi connectivity index (χ0n) is 16.9. The number of aliphatic carboxylic acids is 1. The van der Waals surface area contributed by atoms with Crippen LogP contribution in [0.1, 0.15) is 34.1 Å². The van der Waals surface area contributed by atoms with E-state index in [2.05, 4.69) is 10.3 Å². The van der Waals surface area contributed by atoms with E-state index in [1.807, 2.05) is 6.92 Å². The van der Waals surface area contributed by atoms with E-state index in [4.69, 9.17) is 16.3 Å². The number of methoxy groups -OCH3 is 1. The van der Waals surface area contributed by atoms with Crippen molar-refractivity contribution in [2.45, 2.75) is 19.4 Å². The van der Waals surface area contributed by atoms with Crippen LogP contribution in [0.5, 0.6) is 5.75 Å². The third kappa shape index (κ3) is 5.00. The van der Waals surface area contributed by atoms with Crippen LogP contribution < -0.4 is 10.1 Å². The average Bonchev–Trinajstić information content (AvgIpc) is 2.74. The standard InChI is InChI=1S/C23H20ClFN2O4/c1-13-14(7-5-8-16(13)24)22-20(31-2)11-10-18(26-22)23(30)27-19(12-21(28)29)15-6-3-4-9-17(15)25/h3-11,19H,12H2,1-2H3,(H,27,30)(H,28,29)/t19-/m0/s1. The summed E-state index contributed by atoms with van der Waals surface area (Å²) in [7, 11) is 1.49. The van der Waals surface area contributed by atoms with Crippen molar-refractivity contribution < 1.29 is 23.8 Å². The molecule has 0 saturated carbocycles. The maximum absolute atomic E-state index is 14.2. The summed E-state index contributed by atoms with van der Waals surface area (Å²) in [6, 6.07) is 13.0. The van der Waals surface area contributed by atoms with Crippen molar-refractivity contribution >= 4 is 23.5 Å². The van der Waals surface area contributed by atoms with Crippen molar-refractivity contribution in [2.75, 3.05) is 7.11 Å². The molecule has 1 amide bonds. The summed E-state index contributed by atoms with van der Waals surface area (Å²) >= 11 is 6.22. The number of benzene rings is 2. The fourth-order valence-corrected chi connectivity index (χ4v) is 3.37. The lowest BCUT2D eigenvalue weighted by molar-refractivity contribution is -0.137. The number of carbonyl (C=O) groups is 2. The SMILES string of the molecule is COc1ccc(C(=O)N[C@@H](CC(=O)O)c2ccccc2F)nc1-c1cccc(Cl)c1C. The smallest absolute Gasteiger partial charge is 0.305 e. The molecule has 1 atom stereocenters. The lowest BCUT2D eigenvalue weighted by Gasteiger charge is -2.18. The number of carboxylic acids is 1. The molecule has 160 valence electrons. The van der Waals surface area contributed by atoms with Gasteiger partial charge in [0.05, 0.1) is 19.6 Å². The summed E-state index contributed by atoms with van der Waals surface area (Å²) in [5.74, 6) is -1.98. The molecule has 8 heteroatoms. The molecule has 0 saturated heterocycles. The summed E-state index contributed by atoms with van der Waals surface area (Å²) in [5, 5.41) is 12.3. The molecular formula is C23H20ClFN2O4. The van der Waals surface area contributed by atoms with Crippen LogP contribution in [0.2, 0.25) is 5.02 Å². The van der Waals surface area contributed by atoms with Gasteiger partial charge in [0.2, 0.25) is 0 Å². The number of aromatic nitrogens is 1. The molecule has 1 aromatic heterocycles. The third-order valence-electron chi connectivity index (χ3n) is 4.80. The molecule has 0 bridgehead atoms. The van der Waals surface area contributed by atoms with Gasteiger partial charge in [-0.05, 0) is 36.8 Å². The van der Waals surface area contributed by atoms with Gasteiger partial charge in [-0.1, -0.05) is 41.9 Å². The van der Waals surface area contributed by atoms with Gasteiger partial charge in [-0.3, -0.25) is 9.59 Å². The second-order valence-electron chi connectivity index (χ2n) is 6.81. The number of hydrogen-bond donors (Lipinski definition) is 2. The number of rotatable bonds is 7. The maximum Gasteiger partial charge on any atom is 0.305 e. The topological polar surface area (TPSA) is 88.5 Å². The van der Waals surface area contributed by atoms with Crippen LogP contribution in [0.4, 0.5) is 4.39 Å². The molecular weight excluding hydrogens is 423 g/mol. The quantitative estimate of drug-likeness (QED) is 0.548. The lowest BCUT2D eigenvalue weighted by atomic mass is 10.0. The average molecular weight is 443 g/mol. The number of carboxylic acid groups (broad SMARTS) is 1. The van der Waals surface area contributed by atoms with Gasteiger partial charge in [-0.25, -0.2) is 9.37 Å². The van der Waals surface area contributed by atoms with Crippen LogP contribution in [0.3, 0.4) is 0 Å². The van der Waals surface area contributed by atoms with E-state index < -0.39 is 30.2 Å². The van der Waals surface area contributed by atoms with Crippen molar-refractivity contribution in [2.24, 2.45) is 0 Å². The Morgan fingerprint density at radius 3 is 2.58 bits per heavy atom. The molecule has 0 aliphatic carbocycles. The Bertz CT molecular complexity index is 1140. The van der Waals surface area contributed by atoms with Gasteiger partial charge in [0.1, 0.15) is 23.0 Å². The van der Waals surface area contributed by atoms with Gasteiger partial charge in [0.25, 0.3) is 5.91 Å². The zero-order valence-corrected chi connectivity index (χ0v) is 17.6. The normalized spacial score (nSPS) is 11.6. The minimum absolute atomic E-state index is 0.0295. The van der Waals surface area contributed by atoms with Crippen molar-refractivity contribution in [3.8, 4) is 17.0 Å². The van der Waals surface area contributed by atoms with Crippen LogP contribution in [0, 0.1) is 12.7 Å². The van der Waals surface area contributed by atoms with Crippen LogP contribution in [-0.4, -0.2) is 29.1 Å². The van der Waals surface area contributed by atoms with Gasteiger partial charge in [-0.15, -0.1) is 0 Å². The highest BCUT2D eigenvalue weighted by Gasteiger charge is 2.23. The fourth-order valence-electron chi connectivity index (χ4n) is 3.20. The summed E-state index contributed by atoms with van der Waals surface area (Å²) in [4.78, 5) is 28.6. The Morgan fingerprint density at radius 2 is 1.90 bits per heavy atom. The summed E-state index contributed by atoms with van der Waals surface area (Å²) < 4.78 is 19.6. The largest absolute Gasteiger partial charge is 0.494 e. The number of nitrogens with zero attached hydrogens (tertiary/aromatic N) is 1. The number of ether oxygens (including phenoxy) is 1. The fraction of sp³-hybridized carbons (Fsp3) is 0.174. The number of nitrogens with one attached hydrogen (secondary N) is 1. The third-order valence-corrected chi connectivity index (χ3v) is 5.21. The number of hydrogen-bond acceptors (Lipinski definition) is 4. The highest BCUT2D eigenvalue weighted by Crippen LogP contribution is 2.33. The van der Waals surface area contributed by atoms with Gasteiger partial charge in [0.15, 0.2) is 0 Å². The highest BCUT2D eigenvalue weighted by atomic mass is 35.5. The summed E-state index contributed by atoms with van der Waals surface area (Å²) in [6.07, 6.45) is -0.483. The molecule has 2 N–H and O–H groups in total. The molecule has 31 heavy (non-hydrogen) atoms. The van der Waals surface area contributed by atoms with E-state index in [9.17, 15) is 19.1 Å². The molecule has 0 unspecified atom stereocenters. The van der Waals surface area contributed by atoms with Gasteiger partial charge in [-0.2, -0.15) is 0 Å². The molecule has 3 rings (SSSR count). The second kappa shape index (κ2) is 9.57. The van der Waals surface area contributed by atoms with Gasteiger partial charge in [0, 0.05) is 16.1 Å². The van der Waals surface area contributed by atoms with E-state index >= 15 is 0 Å². The van der Waals surface area contributed by atoms with Crippen LogP contribution in [0.25, 0.3) is 11.3 Å². The predicted octanol–water partition coefficient (Wildman–Crippen LogP) is 4.80. The first-order valence-corrected chi connectivity index (χ1v) is 9.77. The molecule has 0 radical (unpaired) electrons. The first-order valence-electron chi connectivity index (χ1n) is 9.39. The molecule has 6 nitrogen and oxygen atoms in total. The van der Waals surface area contributed by atoms with Crippen LogP contribution >= 0.6 is 11.6 Å². The minimum Gasteiger partial charge on any atom is -0.494 e. The molecule has 1 heterocycles. The Hall–Kier alpha value is -3.45. The van der Waals surface area contributed by atoms with Gasteiger partial charge >= 0.3 is 5.97 Å². The van der Waals surface area contributed by atoms with E-state index in [1.54, 1.807) is 30.3 Å². The van der Waals surface area contributed by atoms with Crippen molar-refractivity contribution in [1.29, 1.82) is 0 Å². The number of pyridine rings is 1. The zero-order chi connectivity index (χ0) is 22.5. The number of amides is 1. The first-order chi connectivity index (χ1) is 14.8.